The first kappa shape index (κ1) is 16.4. The van der Waals surface area contributed by atoms with E-state index in [9.17, 15) is 0 Å². The summed E-state index contributed by atoms with van der Waals surface area (Å²) in [6, 6.07) is 17.1. The standard InChI is InChI=1S/C22H20N4S/c1-14-6-8-15(9-7-14)19-17-4-2-12-23-21(17)26-22(24-16-10-11-16)20(25-19)18-5-3-13-27-18/h2-9,12-13,16,20H,10-11H2,1H3,(H,23,24,26). The van der Waals surface area contributed by atoms with Crippen LogP contribution in [0.4, 0.5) is 5.82 Å². The number of rotatable bonds is 3. The smallest absolute Gasteiger partial charge is 0.163 e. The summed E-state index contributed by atoms with van der Waals surface area (Å²) < 4.78 is 0. The van der Waals surface area contributed by atoms with Crippen LogP contribution < -0.4 is 5.32 Å². The third kappa shape index (κ3) is 3.30. The number of aromatic nitrogens is 1. The minimum Gasteiger partial charge on any atom is -0.369 e. The lowest BCUT2D eigenvalue weighted by atomic mass is 10.0. The van der Waals surface area contributed by atoms with Gasteiger partial charge in [0.15, 0.2) is 5.82 Å². The number of aliphatic imine (C=N–C) groups is 2. The van der Waals surface area contributed by atoms with E-state index < -0.39 is 0 Å². The van der Waals surface area contributed by atoms with Crippen LogP contribution in [-0.4, -0.2) is 22.6 Å². The number of pyridine rings is 1. The Bertz CT molecular complexity index is 1010. The molecule has 1 aliphatic carbocycles. The monoisotopic (exact) mass is 372 g/mol. The highest BCUT2D eigenvalue weighted by atomic mass is 32.1. The summed E-state index contributed by atoms with van der Waals surface area (Å²) in [7, 11) is 0. The summed E-state index contributed by atoms with van der Waals surface area (Å²) in [4.78, 5) is 15.9. The van der Waals surface area contributed by atoms with Crippen molar-refractivity contribution in [3.8, 4) is 0 Å². The zero-order chi connectivity index (χ0) is 18.2. The minimum atomic E-state index is -0.129. The van der Waals surface area contributed by atoms with E-state index in [4.69, 9.17) is 9.98 Å². The van der Waals surface area contributed by atoms with Gasteiger partial charge in [0.25, 0.3) is 0 Å². The molecule has 1 saturated carbocycles. The second kappa shape index (κ2) is 6.74. The molecule has 1 atom stereocenters. The van der Waals surface area contributed by atoms with Crippen LogP contribution in [0.25, 0.3) is 0 Å². The summed E-state index contributed by atoms with van der Waals surface area (Å²) in [5.74, 6) is 1.64. The Morgan fingerprint density at radius 2 is 1.89 bits per heavy atom. The first-order chi connectivity index (χ1) is 13.3. The quantitative estimate of drug-likeness (QED) is 0.716. The molecule has 1 aliphatic heterocycles. The van der Waals surface area contributed by atoms with Gasteiger partial charge in [-0.25, -0.2) is 9.98 Å². The van der Waals surface area contributed by atoms with Gasteiger partial charge in [0.2, 0.25) is 0 Å². The fourth-order valence-electron chi connectivity index (χ4n) is 3.24. The van der Waals surface area contributed by atoms with Crippen molar-refractivity contribution in [3.63, 3.8) is 0 Å². The normalized spacial score (nSPS) is 18.9. The van der Waals surface area contributed by atoms with Crippen LogP contribution in [0.5, 0.6) is 0 Å². The van der Waals surface area contributed by atoms with Crippen molar-refractivity contribution in [3.05, 3.63) is 81.7 Å². The van der Waals surface area contributed by atoms with Gasteiger partial charge in [0, 0.05) is 28.2 Å². The van der Waals surface area contributed by atoms with E-state index in [0.717, 1.165) is 28.5 Å². The van der Waals surface area contributed by atoms with Crippen molar-refractivity contribution < 1.29 is 0 Å². The van der Waals surface area contributed by atoms with Crippen LogP contribution in [0.1, 0.15) is 40.5 Å². The Kier molecular flexibility index (Phi) is 4.09. The largest absolute Gasteiger partial charge is 0.369 e. The van der Waals surface area contributed by atoms with Gasteiger partial charge in [-0.05, 0) is 43.3 Å². The Morgan fingerprint density at radius 1 is 1.04 bits per heavy atom. The van der Waals surface area contributed by atoms with Crippen LogP contribution in [0, 0.1) is 6.92 Å². The van der Waals surface area contributed by atoms with Gasteiger partial charge in [-0.15, -0.1) is 11.3 Å². The van der Waals surface area contributed by atoms with Gasteiger partial charge >= 0.3 is 0 Å². The lowest BCUT2D eigenvalue weighted by Gasteiger charge is -2.15. The molecule has 2 aliphatic rings. The molecule has 0 spiro atoms. The van der Waals surface area contributed by atoms with Gasteiger partial charge in [0.05, 0.1) is 5.71 Å². The number of nitrogens with one attached hydrogen (secondary N) is 1. The van der Waals surface area contributed by atoms with E-state index >= 15 is 0 Å². The summed E-state index contributed by atoms with van der Waals surface area (Å²) in [5, 5.41) is 5.70. The summed E-state index contributed by atoms with van der Waals surface area (Å²) in [5.41, 5.74) is 4.27. The van der Waals surface area contributed by atoms with Crippen molar-refractivity contribution >= 4 is 28.7 Å². The number of nitrogens with zero attached hydrogens (tertiary/aromatic N) is 3. The van der Waals surface area contributed by atoms with E-state index in [1.807, 2.05) is 6.07 Å². The number of aryl methyl sites for hydroxylation is 1. The van der Waals surface area contributed by atoms with Gasteiger partial charge in [0.1, 0.15) is 11.9 Å². The number of benzene rings is 1. The van der Waals surface area contributed by atoms with Crippen LogP contribution in [0.3, 0.4) is 0 Å². The highest BCUT2D eigenvalue weighted by Gasteiger charge is 2.30. The first-order valence-corrected chi connectivity index (χ1v) is 10.1. The third-order valence-electron chi connectivity index (χ3n) is 4.85. The summed E-state index contributed by atoms with van der Waals surface area (Å²) >= 11 is 1.72. The van der Waals surface area contributed by atoms with Crippen molar-refractivity contribution in [2.24, 2.45) is 9.98 Å². The van der Waals surface area contributed by atoms with Gasteiger partial charge in [-0.1, -0.05) is 35.9 Å². The van der Waals surface area contributed by atoms with Crippen molar-refractivity contribution in [1.82, 2.24) is 10.3 Å². The molecule has 1 N–H and O–H groups in total. The number of thiophene rings is 1. The van der Waals surface area contributed by atoms with E-state index in [2.05, 4.69) is 65.1 Å². The Hall–Kier alpha value is -2.79. The van der Waals surface area contributed by atoms with Gasteiger partial charge < -0.3 is 5.32 Å². The topological polar surface area (TPSA) is 49.6 Å². The molecule has 0 bridgehead atoms. The maximum absolute atomic E-state index is 5.22. The SMILES string of the molecule is Cc1ccc(C2=NC(c3cccs3)C(NC3CC3)=Nc3ncccc32)cc1. The molecule has 27 heavy (non-hydrogen) atoms. The maximum atomic E-state index is 5.22. The zero-order valence-electron chi connectivity index (χ0n) is 15.1. The van der Waals surface area contributed by atoms with Crippen LogP contribution in [0.15, 0.2) is 70.1 Å². The van der Waals surface area contributed by atoms with Gasteiger partial charge in [-0.3, -0.25) is 4.99 Å². The molecule has 0 amide bonds. The average molecular weight is 372 g/mol. The zero-order valence-corrected chi connectivity index (χ0v) is 15.9. The second-order valence-corrected chi connectivity index (χ2v) is 8.03. The number of amidine groups is 1. The molecule has 1 aromatic carbocycles. The first-order valence-electron chi connectivity index (χ1n) is 9.27. The molecule has 5 rings (SSSR count). The third-order valence-corrected chi connectivity index (χ3v) is 5.78. The molecule has 134 valence electrons. The number of fused-ring (bicyclic) bond motifs is 1. The van der Waals surface area contributed by atoms with Crippen LogP contribution in [-0.2, 0) is 0 Å². The Balaban J connectivity index is 1.70. The van der Waals surface area contributed by atoms with E-state index in [-0.39, 0.29) is 6.04 Å². The Morgan fingerprint density at radius 3 is 2.63 bits per heavy atom. The highest BCUT2D eigenvalue weighted by Crippen LogP contribution is 2.33. The molecule has 1 fully saturated rings. The minimum absolute atomic E-state index is 0.129. The molecule has 2 aromatic heterocycles. The fourth-order valence-corrected chi connectivity index (χ4v) is 4.01. The fraction of sp³-hybridized carbons (Fsp3) is 0.227. The molecular weight excluding hydrogens is 352 g/mol. The molecule has 3 heterocycles. The lowest BCUT2D eigenvalue weighted by Crippen LogP contribution is -2.30. The Labute approximate surface area is 162 Å². The van der Waals surface area contributed by atoms with Crippen LogP contribution in [0.2, 0.25) is 0 Å². The molecule has 3 aromatic rings. The number of hydrogen-bond donors (Lipinski definition) is 1. The summed E-state index contributed by atoms with van der Waals surface area (Å²) in [6.45, 7) is 2.10. The van der Waals surface area contributed by atoms with Gasteiger partial charge in [-0.2, -0.15) is 0 Å². The molecule has 1 unspecified atom stereocenters. The highest BCUT2D eigenvalue weighted by molar-refractivity contribution is 7.10. The van der Waals surface area contributed by atoms with Crippen LogP contribution >= 0.6 is 11.3 Å². The number of hydrogen-bond acceptors (Lipinski definition) is 5. The maximum Gasteiger partial charge on any atom is 0.163 e. The van der Waals surface area contributed by atoms with E-state index in [1.165, 1.54) is 23.3 Å². The van der Waals surface area contributed by atoms with E-state index in [1.54, 1.807) is 17.5 Å². The molecule has 5 heteroatoms. The molecule has 4 nitrogen and oxygen atoms in total. The van der Waals surface area contributed by atoms with Crippen molar-refractivity contribution in [2.75, 3.05) is 0 Å². The van der Waals surface area contributed by atoms with Crippen molar-refractivity contribution in [1.29, 1.82) is 0 Å². The predicted octanol–water partition coefficient (Wildman–Crippen LogP) is 4.83. The van der Waals surface area contributed by atoms with Crippen molar-refractivity contribution in [2.45, 2.75) is 31.8 Å². The predicted molar refractivity (Wildman–Crippen MR) is 111 cm³/mol. The molecule has 0 saturated heterocycles. The average Bonchev–Trinajstić information content (AvgIpc) is 3.38. The second-order valence-electron chi connectivity index (χ2n) is 7.05. The molecular formula is C22H20N4S. The van der Waals surface area contributed by atoms with E-state index in [0.29, 0.717) is 6.04 Å². The molecule has 0 radical (unpaired) electrons. The lowest BCUT2D eigenvalue weighted by molar-refractivity contribution is 0.836. The summed E-state index contributed by atoms with van der Waals surface area (Å²) in [6.07, 6.45) is 4.19.